The summed E-state index contributed by atoms with van der Waals surface area (Å²) in [5.74, 6) is -0.486. The van der Waals surface area contributed by atoms with Gasteiger partial charge >= 0.3 is 18.3 Å². The molecule has 0 atom stereocenters. The molecule has 0 aliphatic carbocycles. The first-order valence-electron chi connectivity index (χ1n) is 20.0. The fourth-order valence-corrected chi connectivity index (χ4v) is 6.53. The number of ether oxygens (including phenoxy) is 3. The highest BCUT2D eigenvalue weighted by Gasteiger charge is 2.32. The van der Waals surface area contributed by atoms with Crippen LogP contribution in [-0.4, -0.2) is 70.3 Å². The molecule has 0 fully saturated rings. The van der Waals surface area contributed by atoms with Crippen molar-refractivity contribution < 1.29 is 33.4 Å². The van der Waals surface area contributed by atoms with Crippen molar-refractivity contribution in [1.29, 1.82) is 0 Å². The van der Waals surface area contributed by atoms with Crippen LogP contribution >= 0.6 is 0 Å². The summed E-state index contributed by atoms with van der Waals surface area (Å²) in [5.41, 5.74) is 2.48. The van der Waals surface area contributed by atoms with E-state index in [-0.39, 0.29) is 23.7 Å². The number of nitrogens with zero attached hydrogens (tertiary/aromatic N) is 7. The molecule has 6 rings (SSSR count). The lowest BCUT2D eigenvalue weighted by Gasteiger charge is -2.26. The molecule has 0 saturated carbocycles. The van der Waals surface area contributed by atoms with Crippen LogP contribution in [0.5, 0.6) is 0 Å². The summed E-state index contributed by atoms with van der Waals surface area (Å²) in [7, 11) is 0. The van der Waals surface area contributed by atoms with Crippen LogP contribution in [0.2, 0.25) is 0 Å². The minimum Gasteiger partial charge on any atom is -0.443 e. The maximum Gasteiger partial charge on any atom is 0.435 e. The number of hydrogen-bond donors (Lipinski definition) is 0. The number of amides is 2. The van der Waals surface area contributed by atoms with Crippen LogP contribution in [-0.2, 0) is 25.4 Å². The van der Waals surface area contributed by atoms with Crippen molar-refractivity contribution >= 4 is 51.7 Å². The smallest absolute Gasteiger partial charge is 0.435 e. The van der Waals surface area contributed by atoms with Crippen molar-refractivity contribution in [2.45, 2.75) is 113 Å². The molecule has 5 heterocycles. The molecule has 0 bridgehead atoms. The van der Waals surface area contributed by atoms with Crippen LogP contribution < -0.4 is 4.90 Å². The molecule has 6 aromatic rings. The molecule has 5 aromatic heterocycles. The van der Waals surface area contributed by atoms with Gasteiger partial charge in [-0.25, -0.2) is 23.9 Å². The largest absolute Gasteiger partial charge is 0.443 e. The first-order valence-corrected chi connectivity index (χ1v) is 20.0. The molecule has 0 aliphatic rings. The molecule has 0 spiro atoms. The van der Waals surface area contributed by atoms with Gasteiger partial charge in [-0.2, -0.15) is 9.78 Å². The number of carbonyl (C=O) groups excluding carboxylic acids is 4. The van der Waals surface area contributed by atoms with E-state index in [1.807, 2.05) is 44.2 Å². The van der Waals surface area contributed by atoms with Crippen molar-refractivity contribution in [3.63, 3.8) is 0 Å². The predicted molar refractivity (Wildman–Crippen MR) is 231 cm³/mol. The SMILES string of the molecule is CCc1ccc(-c2nccc3c2cc(-c2nn(C(=O)OC(C)(C)C)c4cnc(-c5cncc(N(C(=O)CC(C)C)C(=O)OC(C)(C)C)c5)cc24)n3C(=O)OC(C)(C)C)cc1. The lowest BCUT2D eigenvalue weighted by Crippen LogP contribution is -2.41. The topological polar surface area (TPSA) is 161 Å². The number of imide groups is 1. The molecule has 14 heteroatoms. The Morgan fingerprint density at radius 1 is 0.700 bits per heavy atom. The van der Waals surface area contributed by atoms with Gasteiger partial charge in [0.25, 0.3) is 0 Å². The molecule has 0 unspecified atom stereocenters. The predicted octanol–water partition coefficient (Wildman–Crippen LogP) is 10.6. The van der Waals surface area contributed by atoms with Gasteiger partial charge in [0.05, 0.1) is 46.2 Å². The number of fused-ring (bicyclic) bond motifs is 2. The number of rotatable bonds is 7. The maximum absolute atomic E-state index is 14.3. The fourth-order valence-electron chi connectivity index (χ4n) is 6.53. The van der Waals surface area contributed by atoms with Gasteiger partial charge in [0.2, 0.25) is 5.91 Å². The van der Waals surface area contributed by atoms with Gasteiger partial charge in [0.15, 0.2) is 0 Å². The highest BCUT2D eigenvalue weighted by Crippen LogP contribution is 2.38. The monoisotopic (exact) mass is 815 g/mol. The van der Waals surface area contributed by atoms with E-state index in [0.29, 0.717) is 44.5 Å². The molecule has 1 aromatic carbocycles. The highest BCUT2D eigenvalue weighted by atomic mass is 16.6. The van der Waals surface area contributed by atoms with E-state index in [4.69, 9.17) is 29.3 Å². The van der Waals surface area contributed by atoms with Crippen molar-refractivity contribution in [3.8, 4) is 33.9 Å². The molecule has 0 saturated heterocycles. The van der Waals surface area contributed by atoms with Gasteiger partial charge in [-0.15, -0.1) is 0 Å². The minimum absolute atomic E-state index is 0.0349. The van der Waals surface area contributed by atoms with Gasteiger partial charge in [0.1, 0.15) is 22.5 Å². The number of pyridine rings is 3. The highest BCUT2D eigenvalue weighted by molar-refractivity contribution is 6.12. The zero-order valence-electron chi connectivity index (χ0n) is 36.4. The summed E-state index contributed by atoms with van der Waals surface area (Å²) in [6.45, 7) is 21.6. The van der Waals surface area contributed by atoms with Crippen molar-refractivity contribution in [2.24, 2.45) is 5.92 Å². The number of aryl methyl sites for hydroxylation is 1. The third-order valence-corrected chi connectivity index (χ3v) is 9.00. The average molecular weight is 816 g/mol. The summed E-state index contributed by atoms with van der Waals surface area (Å²) in [4.78, 5) is 70.0. The van der Waals surface area contributed by atoms with Gasteiger partial charge < -0.3 is 14.2 Å². The number of benzene rings is 1. The van der Waals surface area contributed by atoms with Crippen LogP contribution in [0.1, 0.15) is 95.1 Å². The molecule has 60 heavy (non-hydrogen) atoms. The van der Waals surface area contributed by atoms with E-state index < -0.39 is 41.0 Å². The minimum atomic E-state index is -0.867. The Balaban J connectivity index is 1.60. The average Bonchev–Trinajstić information content (AvgIpc) is 3.71. The normalized spacial score (nSPS) is 12.2. The molecular weight excluding hydrogens is 763 g/mol. The number of carbonyl (C=O) groups is 4. The summed E-state index contributed by atoms with van der Waals surface area (Å²) in [6, 6.07) is 15.0. The molecule has 14 nitrogen and oxygen atoms in total. The van der Waals surface area contributed by atoms with Crippen LogP contribution in [0.25, 0.3) is 55.7 Å². The van der Waals surface area contributed by atoms with Gasteiger partial charge in [-0.3, -0.25) is 19.7 Å². The van der Waals surface area contributed by atoms with Gasteiger partial charge in [0, 0.05) is 40.7 Å². The second-order valence-electron chi connectivity index (χ2n) is 18.1. The van der Waals surface area contributed by atoms with Gasteiger partial charge in [-0.1, -0.05) is 45.0 Å². The third kappa shape index (κ3) is 9.54. The third-order valence-electron chi connectivity index (χ3n) is 9.00. The van der Waals surface area contributed by atoms with E-state index >= 15 is 0 Å². The first-order chi connectivity index (χ1) is 28.0. The Morgan fingerprint density at radius 2 is 1.33 bits per heavy atom. The van der Waals surface area contributed by atoms with E-state index in [1.165, 1.54) is 22.5 Å². The number of aromatic nitrogens is 6. The molecule has 0 N–H and O–H groups in total. The molecular formula is C46H53N7O7. The summed E-state index contributed by atoms with van der Waals surface area (Å²) < 4.78 is 19.9. The standard InChI is InChI=1S/C46H53N7O7/c1-13-28-14-16-29(17-15-28)39-33-23-36(52(35(33)18-19-48-39)42(56)59-45(7,8)9)40-32-22-34(49-26-37(32)53(50-40)43(57)60-46(10,11)12)30-21-31(25-47-24-30)51(38(54)20-27(2)3)41(55)58-44(4,5)6/h14-19,21-27H,13,20H2,1-12H3. The Morgan fingerprint density at radius 3 is 1.95 bits per heavy atom. The zero-order valence-corrected chi connectivity index (χ0v) is 36.4. The second kappa shape index (κ2) is 16.3. The first kappa shape index (κ1) is 43.1. The molecule has 2 amide bonds. The maximum atomic E-state index is 14.3. The van der Waals surface area contributed by atoms with Crippen LogP contribution in [0, 0.1) is 5.92 Å². The zero-order chi connectivity index (χ0) is 43.9. The van der Waals surface area contributed by atoms with Crippen LogP contribution in [0.4, 0.5) is 20.1 Å². The van der Waals surface area contributed by atoms with Crippen molar-refractivity contribution in [3.05, 3.63) is 78.9 Å². The van der Waals surface area contributed by atoms with Crippen LogP contribution in [0.3, 0.4) is 0 Å². The van der Waals surface area contributed by atoms with E-state index in [9.17, 15) is 19.2 Å². The van der Waals surface area contributed by atoms with Crippen molar-refractivity contribution in [1.82, 2.24) is 29.3 Å². The Hall–Kier alpha value is -6.44. The number of anilines is 1. The Kier molecular flexibility index (Phi) is 11.7. The summed E-state index contributed by atoms with van der Waals surface area (Å²) in [6.07, 6.45) is 4.80. The Labute approximate surface area is 349 Å². The van der Waals surface area contributed by atoms with E-state index in [0.717, 1.165) is 21.6 Å². The summed E-state index contributed by atoms with van der Waals surface area (Å²) >= 11 is 0. The summed E-state index contributed by atoms with van der Waals surface area (Å²) in [5, 5.41) is 5.91. The fraction of sp³-hybridized carbons (Fsp3) is 0.391. The quantitative estimate of drug-likeness (QED) is 0.141. The second-order valence-corrected chi connectivity index (χ2v) is 18.1. The lowest BCUT2D eigenvalue weighted by atomic mass is 10.0. The van der Waals surface area contributed by atoms with E-state index in [1.54, 1.807) is 92.9 Å². The van der Waals surface area contributed by atoms with Gasteiger partial charge in [-0.05, 0) is 104 Å². The Bertz CT molecular complexity index is 2600. The van der Waals surface area contributed by atoms with Crippen LogP contribution in [0.15, 0.2) is 73.3 Å². The molecule has 314 valence electrons. The lowest BCUT2D eigenvalue weighted by molar-refractivity contribution is -0.119. The number of hydrogen-bond acceptors (Lipinski definition) is 11. The molecule has 0 radical (unpaired) electrons. The van der Waals surface area contributed by atoms with Crippen molar-refractivity contribution in [2.75, 3.05) is 4.90 Å². The van der Waals surface area contributed by atoms with E-state index in [2.05, 4.69) is 11.9 Å². The molecule has 0 aliphatic heterocycles.